The van der Waals surface area contributed by atoms with E-state index in [2.05, 4.69) is 16.4 Å². The van der Waals surface area contributed by atoms with Gasteiger partial charge in [-0.1, -0.05) is 23.5 Å². The van der Waals surface area contributed by atoms with Gasteiger partial charge in [0.1, 0.15) is 0 Å². The molecule has 19 heavy (non-hydrogen) atoms. The van der Waals surface area contributed by atoms with E-state index in [4.69, 9.17) is 9.47 Å². The average Bonchev–Trinajstić information content (AvgIpc) is 2.89. The molecule has 1 aliphatic heterocycles. The predicted molar refractivity (Wildman–Crippen MR) is 77.9 cm³/mol. The number of nitrogens with zero attached hydrogens (tertiary/aromatic N) is 1. The molecule has 1 saturated heterocycles. The van der Waals surface area contributed by atoms with Crippen LogP contribution in [0.15, 0.2) is 24.3 Å². The van der Waals surface area contributed by atoms with Crippen molar-refractivity contribution in [2.24, 2.45) is 0 Å². The van der Waals surface area contributed by atoms with Crippen molar-refractivity contribution in [2.45, 2.75) is 18.4 Å². The van der Waals surface area contributed by atoms with Crippen molar-refractivity contribution in [3.8, 4) is 0 Å². The number of rotatable bonds is 4. The van der Waals surface area contributed by atoms with Crippen molar-refractivity contribution in [1.29, 1.82) is 0 Å². The molecule has 1 aromatic heterocycles. The Hall–Kier alpha value is -1.17. The first kappa shape index (κ1) is 12.8. The Balaban J connectivity index is 1.70. The highest BCUT2D eigenvalue weighted by molar-refractivity contribution is 7.22. The molecule has 1 fully saturated rings. The van der Waals surface area contributed by atoms with E-state index in [0.29, 0.717) is 0 Å². The predicted octanol–water partition coefficient (Wildman–Crippen LogP) is 2.90. The van der Waals surface area contributed by atoms with E-state index in [1.807, 2.05) is 18.2 Å². The smallest absolute Gasteiger partial charge is 0.183 e. The summed E-state index contributed by atoms with van der Waals surface area (Å²) in [5.41, 5.74) is 0.935. The Bertz CT molecular complexity index is 516. The maximum Gasteiger partial charge on any atom is 0.183 e. The third-order valence-corrected chi connectivity index (χ3v) is 4.69. The van der Waals surface area contributed by atoms with Gasteiger partial charge in [-0.25, -0.2) is 4.98 Å². The minimum absolute atomic E-state index is 0.115. The van der Waals surface area contributed by atoms with E-state index >= 15 is 0 Å². The van der Waals surface area contributed by atoms with Crippen LogP contribution in [-0.2, 0) is 9.47 Å². The van der Waals surface area contributed by atoms with E-state index in [-0.39, 0.29) is 5.60 Å². The number of benzene rings is 1. The van der Waals surface area contributed by atoms with Gasteiger partial charge in [0.2, 0.25) is 0 Å². The Kier molecular flexibility index (Phi) is 3.68. The van der Waals surface area contributed by atoms with E-state index < -0.39 is 0 Å². The second kappa shape index (κ2) is 5.45. The van der Waals surface area contributed by atoms with Gasteiger partial charge in [0.25, 0.3) is 0 Å². The lowest BCUT2D eigenvalue weighted by atomic mass is 9.94. The highest BCUT2D eigenvalue weighted by Crippen LogP contribution is 2.28. The lowest BCUT2D eigenvalue weighted by Gasteiger charge is -2.35. The van der Waals surface area contributed by atoms with Crippen LogP contribution in [0.3, 0.4) is 0 Å². The van der Waals surface area contributed by atoms with Crippen LogP contribution in [0.4, 0.5) is 5.13 Å². The van der Waals surface area contributed by atoms with Gasteiger partial charge in [0, 0.05) is 39.7 Å². The molecule has 0 amide bonds. The lowest BCUT2D eigenvalue weighted by Crippen LogP contribution is -2.44. The maximum atomic E-state index is 5.71. The molecule has 1 aromatic carbocycles. The zero-order valence-electron chi connectivity index (χ0n) is 11.0. The van der Waals surface area contributed by atoms with Crippen LogP contribution in [0.25, 0.3) is 10.2 Å². The third kappa shape index (κ3) is 2.73. The van der Waals surface area contributed by atoms with Crippen molar-refractivity contribution in [3.05, 3.63) is 24.3 Å². The quantitative estimate of drug-likeness (QED) is 0.934. The number of hydrogen-bond donors (Lipinski definition) is 1. The minimum Gasteiger partial charge on any atom is -0.381 e. The summed E-state index contributed by atoms with van der Waals surface area (Å²) in [4.78, 5) is 4.58. The SMILES string of the molecule is COC1(CNc2nc3ccccc3s2)CCOCC1. The molecule has 0 radical (unpaired) electrons. The first-order chi connectivity index (χ1) is 9.31. The summed E-state index contributed by atoms with van der Waals surface area (Å²) < 4.78 is 12.3. The number of anilines is 1. The monoisotopic (exact) mass is 278 g/mol. The number of fused-ring (bicyclic) bond motifs is 1. The van der Waals surface area contributed by atoms with Crippen LogP contribution in [-0.4, -0.2) is 37.5 Å². The number of nitrogens with one attached hydrogen (secondary N) is 1. The molecule has 0 saturated carbocycles. The van der Waals surface area contributed by atoms with Gasteiger partial charge < -0.3 is 14.8 Å². The van der Waals surface area contributed by atoms with Gasteiger partial charge >= 0.3 is 0 Å². The molecule has 1 N–H and O–H groups in total. The summed E-state index contributed by atoms with van der Waals surface area (Å²) in [6.07, 6.45) is 1.86. The number of methoxy groups -OCH3 is 1. The second-order valence-electron chi connectivity index (χ2n) is 4.84. The van der Waals surface area contributed by atoms with Gasteiger partial charge in [-0.3, -0.25) is 0 Å². The Morgan fingerprint density at radius 3 is 2.89 bits per heavy atom. The van der Waals surface area contributed by atoms with Crippen LogP contribution in [0.2, 0.25) is 0 Å². The van der Waals surface area contributed by atoms with Crippen molar-refractivity contribution >= 4 is 26.7 Å². The summed E-state index contributed by atoms with van der Waals surface area (Å²) in [6, 6.07) is 8.19. The first-order valence-electron chi connectivity index (χ1n) is 6.54. The van der Waals surface area contributed by atoms with Crippen molar-refractivity contribution in [3.63, 3.8) is 0 Å². The van der Waals surface area contributed by atoms with Gasteiger partial charge in [-0.15, -0.1) is 0 Å². The van der Waals surface area contributed by atoms with Crippen molar-refractivity contribution in [1.82, 2.24) is 4.98 Å². The topological polar surface area (TPSA) is 43.4 Å². The summed E-state index contributed by atoms with van der Waals surface area (Å²) in [5, 5.41) is 4.38. The van der Waals surface area contributed by atoms with E-state index in [9.17, 15) is 0 Å². The highest BCUT2D eigenvalue weighted by atomic mass is 32.1. The Morgan fingerprint density at radius 1 is 1.37 bits per heavy atom. The number of para-hydroxylation sites is 1. The van der Waals surface area contributed by atoms with Crippen molar-refractivity contribution < 1.29 is 9.47 Å². The number of aromatic nitrogens is 1. The molecule has 0 spiro atoms. The van der Waals surface area contributed by atoms with Gasteiger partial charge in [-0.05, 0) is 12.1 Å². The molecular formula is C14H18N2O2S. The lowest BCUT2D eigenvalue weighted by molar-refractivity contribution is -0.0807. The normalized spacial score (nSPS) is 18.6. The molecule has 0 bridgehead atoms. The molecule has 2 heterocycles. The fourth-order valence-electron chi connectivity index (χ4n) is 2.38. The second-order valence-corrected chi connectivity index (χ2v) is 5.87. The van der Waals surface area contributed by atoms with E-state index in [1.54, 1.807) is 18.4 Å². The number of thiazole rings is 1. The number of ether oxygens (including phenoxy) is 2. The molecule has 4 nitrogen and oxygen atoms in total. The van der Waals surface area contributed by atoms with Crippen LogP contribution in [0.1, 0.15) is 12.8 Å². The molecule has 2 aromatic rings. The molecule has 0 atom stereocenters. The maximum absolute atomic E-state index is 5.71. The molecule has 1 aliphatic rings. The average molecular weight is 278 g/mol. The molecule has 102 valence electrons. The zero-order chi connectivity index (χ0) is 13.1. The van der Waals surface area contributed by atoms with Gasteiger partial charge in [0.15, 0.2) is 5.13 Å². The fraction of sp³-hybridized carbons (Fsp3) is 0.500. The Morgan fingerprint density at radius 2 is 2.16 bits per heavy atom. The standard InChI is InChI=1S/C14H18N2O2S/c1-17-14(6-8-18-9-7-14)10-15-13-16-11-4-2-3-5-12(11)19-13/h2-5H,6-10H2,1H3,(H,15,16). The van der Waals surface area contributed by atoms with Crippen LogP contribution in [0.5, 0.6) is 0 Å². The summed E-state index contributed by atoms with van der Waals surface area (Å²) in [7, 11) is 1.78. The highest BCUT2D eigenvalue weighted by Gasteiger charge is 2.32. The minimum atomic E-state index is -0.115. The first-order valence-corrected chi connectivity index (χ1v) is 7.35. The van der Waals surface area contributed by atoms with Gasteiger partial charge in [0.05, 0.1) is 15.8 Å². The fourth-order valence-corrected chi connectivity index (χ4v) is 3.24. The van der Waals surface area contributed by atoms with Gasteiger partial charge in [-0.2, -0.15) is 0 Å². The summed E-state index contributed by atoms with van der Waals surface area (Å²) in [5.74, 6) is 0. The van der Waals surface area contributed by atoms with Crippen LogP contribution < -0.4 is 5.32 Å². The largest absolute Gasteiger partial charge is 0.381 e. The number of hydrogen-bond acceptors (Lipinski definition) is 5. The molecular weight excluding hydrogens is 260 g/mol. The molecule has 0 aliphatic carbocycles. The van der Waals surface area contributed by atoms with Crippen LogP contribution in [0, 0.1) is 0 Å². The van der Waals surface area contributed by atoms with Crippen molar-refractivity contribution in [2.75, 3.05) is 32.2 Å². The molecule has 0 unspecified atom stereocenters. The van der Waals surface area contributed by atoms with E-state index in [0.717, 1.165) is 43.2 Å². The summed E-state index contributed by atoms with van der Waals surface area (Å²) >= 11 is 1.69. The summed E-state index contributed by atoms with van der Waals surface area (Å²) in [6.45, 7) is 2.33. The third-order valence-electron chi connectivity index (χ3n) is 3.69. The zero-order valence-corrected chi connectivity index (χ0v) is 11.8. The molecule has 3 rings (SSSR count). The Labute approximate surface area is 116 Å². The van der Waals surface area contributed by atoms with E-state index in [1.165, 1.54) is 4.70 Å². The van der Waals surface area contributed by atoms with Crippen LogP contribution >= 0.6 is 11.3 Å². The molecule has 5 heteroatoms.